The molecule has 2 aromatic carbocycles. The number of rotatable bonds is 5. The third-order valence-corrected chi connectivity index (χ3v) is 4.30. The Kier molecular flexibility index (Phi) is 5.81. The van der Waals surface area contributed by atoms with Crippen molar-refractivity contribution in [1.29, 1.82) is 0 Å². The molecule has 0 unspecified atom stereocenters. The Bertz CT molecular complexity index is 863. The van der Waals surface area contributed by atoms with Crippen LogP contribution in [-0.2, 0) is 0 Å². The number of aromatic nitrogens is 1. The SMILES string of the molecule is Cc1ccccc1Nc1ccc(NC(=S)N[C@H](C)c2ccccc2)cn1. The highest BCUT2D eigenvalue weighted by Crippen LogP contribution is 2.19. The summed E-state index contributed by atoms with van der Waals surface area (Å²) in [6.45, 7) is 4.15. The van der Waals surface area contributed by atoms with Gasteiger partial charge in [0, 0.05) is 5.69 Å². The van der Waals surface area contributed by atoms with Crippen LogP contribution in [0.25, 0.3) is 0 Å². The average Bonchev–Trinajstić information content (AvgIpc) is 2.66. The van der Waals surface area contributed by atoms with Crippen molar-refractivity contribution in [3.8, 4) is 0 Å². The fraction of sp³-hybridized carbons (Fsp3) is 0.143. The highest BCUT2D eigenvalue weighted by molar-refractivity contribution is 7.80. The van der Waals surface area contributed by atoms with E-state index in [4.69, 9.17) is 12.2 Å². The largest absolute Gasteiger partial charge is 0.356 e. The van der Waals surface area contributed by atoms with Gasteiger partial charge in [-0.25, -0.2) is 4.98 Å². The van der Waals surface area contributed by atoms with E-state index in [1.54, 1.807) is 6.20 Å². The standard InChI is InChI=1S/C21H22N4S/c1-15-8-6-7-11-19(15)25-20-13-12-18(14-22-20)24-21(26)23-16(2)17-9-4-3-5-10-17/h3-14,16H,1-2H3,(H,22,25)(H2,23,24,26)/t16-/m1/s1. The van der Waals surface area contributed by atoms with Gasteiger partial charge >= 0.3 is 0 Å². The second-order valence-corrected chi connectivity index (χ2v) is 6.51. The van der Waals surface area contributed by atoms with Crippen LogP contribution in [0.15, 0.2) is 72.9 Å². The van der Waals surface area contributed by atoms with Crippen LogP contribution >= 0.6 is 12.2 Å². The number of pyridine rings is 1. The number of thiocarbonyl (C=S) groups is 1. The first-order chi connectivity index (χ1) is 12.6. The van der Waals surface area contributed by atoms with Gasteiger partial charge in [-0.2, -0.15) is 0 Å². The van der Waals surface area contributed by atoms with Crippen molar-refractivity contribution in [2.75, 3.05) is 10.6 Å². The van der Waals surface area contributed by atoms with E-state index in [1.165, 1.54) is 11.1 Å². The van der Waals surface area contributed by atoms with Crippen LogP contribution in [0.3, 0.4) is 0 Å². The van der Waals surface area contributed by atoms with Gasteiger partial charge in [-0.3, -0.25) is 0 Å². The maximum absolute atomic E-state index is 5.40. The molecule has 5 heteroatoms. The van der Waals surface area contributed by atoms with E-state index in [9.17, 15) is 0 Å². The molecule has 26 heavy (non-hydrogen) atoms. The fourth-order valence-electron chi connectivity index (χ4n) is 2.58. The number of anilines is 3. The van der Waals surface area contributed by atoms with Crippen molar-refractivity contribution in [2.45, 2.75) is 19.9 Å². The summed E-state index contributed by atoms with van der Waals surface area (Å²) < 4.78 is 0. The molecule has 1 heterocycles. The number of aryl methyl sites for hydroxylation is 1. The van der Waals surface area contributed by atoms with E-state index in [-0.39, 0.29) is 6.04 Å². The van der Waals surface area contributed by atoms with Crippen LogP contribution in [0.5, 0.6) is 0 Å². The Morgan fingerprint density at radius 3 is 2.38 bits per heavy atom. The van der Waals surface area contributed by atoms with Crippen molar-refractivity contribution in [3.05, 3.63) is 84.1 Å². The number of benzene rings is 2. The van der Waals surface area contributed by atoms with Gasteiger partial charge in [0.1, 0.15) is 5.82 Å². The first kappa shape index (κ1) is 17.9. The highest BCUT2D eigenvalue weighted by Gasteiger charge is 2.07. The van der Waals surface area contributed by atoms with E-state index < -0.39 is 0 Å². The third-order valence-electron chi connectivity index (χ3n) is 4.08. The van der Waals surface area contributed by atoms with Crippen LogP contribution < -0.4 is 16.0 Å². The molecule has 0 aliphatic heterocycles. The van der Waals surface area contributed by atoms with E-state index in [1.807, 2.05) is 48.5 Å². The first-order valence-electron chi connectivity index (χ1n) is 8.53. The van der Waals surface area contributed by atoms with E-state index >= 15 is 0 Å². The normalized spacial score (nSPS) is 11.5. The minimum absolute atomic E-state index is 0.131. The van der Waals surface area contributed by atoms with Crippen LogP contribution in [-0.4, -0.2) is 10.1 Å². The van der Waals surface area contributed by atoms with Crippen molar-refractivity contribution in [2.24, 2.45) is 0 Å². The zero-order chi connectivity index (χ0) is 18.4. The topological polar surface area (TPSA) is 49.0 Å². The molecule has 0 aliphatic carbocycles. The average molecular weight is 363 g/mol. The van der Waals surface area contributed by atoms with E-state index in [0.29, 0.717) is 5.11 Å². The van der Waals surface area contributed by atoms with Crippen LogP contribution in [0.1, 0.15) is 24.1 Å². The monoisotopic (exact) mass is 362 g/mol. The molecule has 0 saturated carbocycles. The Hall–Kier alpha value is -2.92. The molecule has 0 saturated heterocycles. The zero-order valence-electron chi connectivity index (χ0n) is 14.9. The van der Waals surface area contributed by atoms with Gasteiger partial charge in [-0.05, 0) is 55.4 Å². The van der Waals surface area contributed by atoms with Gasteiger partial charge in [0.2, 0.25) is 0 Å². The van der Waals surface area contributed by atoms with Gasteiger partial charge in [0.15, 0.2) is 5.11 Å². The minimum atomic E-state index is 0.131. The maximum Gasteiger partial charge on any atom is 0.171 e. The summed E-state index contributed by atoms with van der Waals surface area (Å²) in [7, 11) is 0. The van der Waals surface area contributed by atoms with Gasteiger partial charge < -0.3 is 16.0 Å². The summed E-state index contributed by atoms with van der Waals surface area (Å²) in [6.07, 6.45) is 1.77. The fourth-order valence-corrected chi connectivity index (χ4v) is 2.88. The molecule has 132 valence electrons. The maximum atomic E-state index is 5.40. The Morgan fingerprint density at radius 1 is 0.962 bits per heavy atom. The molecule has 0 radical (unpaired) electrons. The molecule has 3 aromatic rings. The lowest BCUT2D eigenvalue weighted by Crippen LogP contribution is -2.30. The third kappa shape index (κ3) is 4.80. The van der Waals surface area contributed by atoms with Crippen LogP contribution in [0.4, 0.5) is 17.2 Å². The second-order valence-electron chi connectivity index (χ2n) is 6.10. The summed E-state index contributed by atoms with van der Waals surface area (Å²) in [6, 6.07) is 22.3. The Morgan fingerprint density at radius 2 is 1.69 bits per heavy atom. The number of hydrogen-bond donors (Lipinski definition) is 3. The Labute approximate surface area is 159 Å². The second kappa shape index (κ2) is 8.45. The summed E-state index contributed by atoms with van der Waals surface area (Å²) >= 11 is 5.40. The van der Waals surface area contributed by atoms with Gasteiger partial charge in [0.25, 0.3) is 0 Å². The van der Waals surface area contributed by atoms with E-state index in [0.717, 1.165) is 17.2 Å². The number of hydrogen-bond acceptors (Lipinski definition) is 3. The summed E-state index contributed by atoms with van der Waals surface area (Å²) in [5, 5.41) is 10.3. The lowest BCUT2D eigenvalue weighted by Gasteiger charge is -2.17. The molecule has 0 spiro atoms. The molecule has 1 aromatic heterocycles. The molecule has 0 aliphatic rings. The van der Waals surface area contributed by atoms with Crippen LogP contribution in [0, 0.1) is 6.92 Å². The molecular formula is C21H22N4S. The van der Waals surface area contributed by atoms with Gasteiger partial charge in [-0.15, -0.1) is 0 Å². The van der Waals surface area contributed by atoms with E-state index in [2.05, 4.69) is 53.0 Å². The van der Waals surface area contributed by atoms with Crippen molar-refractivity contribution < 1.29 is 0 Å². The highest BCUT2D eigenvalue weighted by atomic mass is 32.1. The van der Waals surface area contributed by atoms with Gasteiger partial charge in [0.05, 0.1) is 17.9 Å². The lowest BCUT2D eigenvalue weighted by molar-refractivity contribution is 0.722. The molecular weight excluding hydrogens is 340 g/mol. The van der Waals surface area contributed by atoms with Crippen molar-refractivity contribution in [1.82, 2.24) is 10.3 Å². The van der Waals surface area contributed by atoms with Crippen molar-refractivity contribution >= 4 is 34.5 Å². The van der Waals surface area contributed by atoms with Crippen molar-refractivity contribution in [3.63, 3.8) is 0 Å². The number of para-hydroxylation sites is 1. The molecule has 0 amide bonds. The summed E-state index contributed by atoms with van der Waals surface area (Å²) in [5.41, 5.74) is 4.26. The molecule has 3 N–H and O–H groups in total. The van der Waals surface area contributed by atoms with Gasteiger partial charge in [-0.1, -0.05) is 48.5 Å². The predicted octanol–water partition coefficient (Wildman–Crippen LogP) is 5.18. The Balaban J connectivity index is 1.57. The molecule has 1 atom stereocenters. The molecule has 3 rings (SSSR count). The first-order valence-corrected chi connectivity index (χ1v) is 8.94. The lowest BCUT2D eigenvalue weighted by atomic mass is 10.1. The predicted molar refractivity (Wildman–Crippen MR) is 113 cm³/mol. The summed E-state index contributed by atoms with van der Waals surface area (Å²) in [4.78, 5) is 4.44. The number of nitrogens with zero attached hydrogens (tertiary/aromatic N) is 1. The minimum Gasteiger partial charge on any atom is -0.356 e. The number of nitrogens with one attached hydrogen (secondary N) is 3. The summed E-state index contributed by atoms with van der Waals surface area (Å²) in [5.74, 6) is 0.793. The zero-order valence-corrected chi connectivity index (χ0v) is 15.7. The quantitative estimate of drug-likeness (QED) is 0.546. The molecule has 4 nitrogen and oxygen atoms in total. The smallest absolute Gasteiger partial charge is 0.171 e. The molecule has 0 bridgehead atoms. The van der Waals surface area contributed by atoms with Crippen LogP contribution in [0.2, 0.25) is 0 Å². The molecule has 0 fully saturated rings.